The van der Waals surface area contributed by atoms with Crippen LogP contribution in [0.1, 0.15) is 344 Å². The summed E-state index contributed by atoms with van der Waals surface area (Å²) in [6.07, 6.45) is 41.8. The summed E-state index contributed by atoms with van der Waals surface area (Å²) >= 11 is 0. The molecule has 0 bridgehead atoms. The minimum Gasteiger partial charge on any atom is -0.462 e. The average Bonchev–Trinajstić information content (AvgIpc) is 3.68. The number of rotatable bonds is 67. The van der Waals surface area contributed by atoms with Gasteiger partial charge in [-0.15, -0.1) is 0 Å². The van der Waals surface area contributed by atoms with Crippen molar-refractivity contribution in [3.63, 3.8) is 0 Å². The summed E-state index contributed by atoms with van der Waals surface area (Å²) in [7, 11) is -9.90. The second-order valence-corrected chi connectivity index (χ2v) is 29.8. The zero-order valence-electron chi connectivity index (χ0n) is 58.1. The third-order valence-corrected chi connectivity index (χ3v) is 18.3. The summed E-state index contributed by atoms with van der Waals surface area (Å²) in [5, 5.41) is 10.6. The van der Waals surface area contributed by atoms with E-state index in [9.17, 15) is 43.2 Å². The summed E-state index contributed by atoms with van der Waals surface area (Å²) in [6, 6.07) is 0. The first-order chi connectivity index (χ1) is 42.6. The predicted molar refractivity (Wildman–Crippen MR) is 358 cm³/mol. The van der Waals surface area contributed by atoms with E-state index < -0.39 is 97.5 Å². The van der Waals surface area contributed by atoms with Gasteiger partial charge < -0.3 is 33.8 Å². The molecule has 0 amide bonds. The van der Waals surface area contributed by atoms with E-state index in [0.29, 0.717) is 37.5 Å². The Hall–Kier alpha value is -1.94. The van der Waals surface area contributed by atoms with Gasteiger partial charge in [0.25, 0.3) is 0 Å². The van der Waals surface area contributed by atoms with Crippen molar-refractivity contribution in [2.45, 2.75) is 363 Å². The summed E-state index contributed by atoms with van der Waals surface area (Å²) in [6.45, 7) is 14.1. The third-order valence-electron chi connectivity index (χ3n) is 16.4. The molecular weight excluding hydrogens is 1170 g/mol. The molecule has 0 aromatic heterocycles. The van der Waals surface area contributed by atoms with E-state index in [1.807, 2.05) is 0 Å². The molecule has 528 valence electrons. The van der Waals surface area contributed by atoms with Crippen molar-refractivity contribution in [1.29, 1.82) is 0 Å². The fraction of sp³-hybridized carbons (Fsp3) is 0.943. The molecule has 0 radical (unpaired) electrons. The molecule has 6 atom stereocenters. The van der Waals surface area contributed by atoms with Crippen LogP contribution in [0.5, 0.6) is 0 Å². The maximum Gasteiger partial charge on any atom is 0.472 e. The van der Waals surface area contributed by atoms with Crippen molar-refractivity contribution < 1.29 is 80.2 Å². The van der Waals surface area contributed by atoms with Gasteiger partial charge >= 0.3 is 39.5 Å². The summed E-state index contributed by atoms with van der Waals surface area (Å²) < 4.78 is 68.2. The Morgan fingerprint density at radius 2 is 0.539 bits per heavy atom. The minimum atomic E-state index is -4.95. The Morgan fingerprint density at radius 3 is 0.798 bits per heavy atom. The molecule has 0 aromatic rings. The van der Waals surface area contributed by atoms with Crippen LogP contribution in [-0.4, -0.2) is 96.7 Å². The molecule has 89 heavy (non-hydrogen) atoms. The first-order valence-corrected chi connectivity index (χ1v) is 39.2. The van der Waals surface area contributed by atoms with Gasteiger partial charge in [0, 0.05) is 25.7 Å². The van der Waals surface area contributed by atoms with Gasteiger partial charge in [0.05, 0.1) is 26.4 Å². The van der Waals surface area contributed by atoms with Crippen molar-refractivity contribution in [3.05, 3.63) is 0 Å². The van der Waals surface area contributed by atoms with Gasteiger partial charge in [0.2, 0.25) is 0 Å². The first kappa shape index (κ1) is 87.1. The van der Waals surface area contributed by atoms with Gasteiger partial charge in [0.15, 0.2) is 12.2 Å². The monoisotopic (exact) mass is 1310 g/mol. The van der Waals surface area contributed by atoms with Gasteiger partial charge in [0.1, 0.15) is 19.3 Å². The van der Waals surface area contributed by atoms with Crippen LogP contribution in [0.3, 0.4) is 0 Å². The van der Waals surface area contributed by atoms with E-state index in [0.717, 1.165) is 108 Å². The highest BCUT2D eigenvalue weighted by molar-refractivity contribution is 7.47. The SMILES string of the molecule is CCC(C)CCCCCCCCCCCCC(=O)O[C@H](COC(=O)CCCCCCCCCC(C)C)COP(=O)(O)OCC(O)COP(=O)(O)OC[C@@H](COC(=O)CCCCCCCCCCCCCCC(C)C)OC(=O)CCCCCCCCCC(C)C. The number of aliphatic hydroxyl groups is 1. The van der Waals surface area contributed by atoms with Crippen molar-refractivity contribution in [2.24, 2.45) is 23.7 Å². The fourth-order valence-electron chi connectivity index (χ4n) is 10.5. The van der Waals surface area contributed by atoms with Gasteiger partial charge in [-0.25, -0.2) is 9.13 Å². The van der Waals surface area contributed by atoms with Gasteiger partial charge in [-0.2, -0.15) is 0 Å². The number of hydrogen-bond donors (Lipinski definition) is 3. The van der Waals surface area contributed by atoms with Gasteiger partial charge in [-0.3, -0.25) is 37.3 Å². The lowest BCUT2D eigenvalue weighted by Gasteiger charge is -2.21. The fourth-order valence-corrected chi connectivity index (χ4v) is 12.0. The Morgan fingerprint density at radius 1 is 0.315 bits per heavy atom. The predicted octanol–water partition coefficient (Wildman–Crippen LogP) is 19.7. The number of carbonyl (C=O) groups excluding carboxylic acids is 4. The second-order valence-electron chi connectivity index (χ2n) is 26.9. The van der Waals surface area contributed by atoms with Crippen LogP contribution < -0.4 is 0 Å². The number of carbonyl (C=O) groups is 4. The second kappa shape index (κ2) is 59.8. The summed E-state index contributed by atoms with van der Waals surface area (Å²) in [5.41, 5.74) is 0. The molecular formula is C70H136O17P2. The van der Waals surface area contributed by atoms with Crippen LogP contribution in [0.2, 0.25) is 0 Å². The molecule has 0 fully saturated rings. The van der Waals surface area contributed by atoms with E-state index in [1.54, 1.807) is 0 Å². The topological polar surface area (TPSA) is 237 Å². The van der Waals surface area contributed by atoms with Gasteiger partial charge in [-0.1, -0.05) is 293 Å². The molecule has 0 aliphatic carbocycles. The normalized spacial score (nSPS) is 14.6. The van der Waals surface area contributed by atoms with Crippen molar-refractivity contribution in [2.75, 3.05) is 39.6 Å². The Bertz CT molecular complexity index is 1770. The highest BCUT2D eigenvalue weighted by Crippen LogP contribution is 2.45. The standard InChI is InChI=1S/C70H136O17P2/c1-9-63(8)49-41-33-25-17-14-15-19-27-36-44-52-69(74)86-65(57-81-68(73)51-43-35-28-20-23-31-39-47-61(4)5)58-84-88(76,77)82-54-64(71)55-83-89(78,79)85-59-66(87-70(75)53-45-37-29-21-24-32-40-48-62(6)7)56-80-67(72)50-42-34-26-18-13-11-10-12-16-22-30-38-46-60(2)3/h60-66,71H,9-59H2,1-8H3,(H,76,77)(H,78,79)/t63?,64?,65-,66-/m1/s1. The smallest absolute Gasteiger partial charge is 0.462 e. The molecule has 3 N–H and O–H groups in total. The Balaban J connectivity index is 5.23. The molecule has 0 spiro atoms. The zero-order chi connectivity index (χ0) is 66.1. The number of aliphatic hydroxyl groups excluding tert-OH is 1. The van der Waals surface area contributed by atoms with E-state index in [1.165, 1.54) is 141 Å². The molecule has 0 heterocycles. The number of phosphoric ester groups is 2. The van der Waals surface area contributed by atoms with Crippen LogP contribution in [0.4, 0.5) is 0 Å². The lowest BCUT2D eigenvalue weighted by Crippen LogP contribution is -2.30. The zero-order valence-corrected chi connectivity index (χ0v) is 59.8. The molecule has 0 aromatic carbocycles. The molecule has 0 rings (SSSR count). The molecule has 0 aliphatic heterocycles. The molecule has 19 heteroatoms. The Labute approximate surface area is 543 Å². The maximum absolute atomic E-state index is 13.0. The van der Waals surface area contributed by atoms with Crippen molar-refractivity contribution in [3.8, 4) is 0 Å². The Kier molecular flexibility index (Phi) is 58.5. The minimum absolute atomic E-state index is 0.103. The maximum atomic E-state index is 13.0. The third kappa shape index (κ3) is 63.2. The molecule has 0 saturated heterocycles. The number of esters is 4. The number of ether oxygens (including phenoxy) is 4. The van der Waals surface area contributed by atoms with Crippen LogP contribution in [-0.2, 0) is 65.4 Å². The van der Waals surface area contributed by atoms with Crippen LogP contribution in [0.15, 0.2) is 0 Å². The summed E-state index contributed by atoms with van der Waals surface area (Å²) in [4.78, 5) is 72.5. The average molecular weight is 1310 g/mol. The lowest BCUT2D eigenvalue weighted by molar-refractivity contribution is -0.161. The van der Waals surface area contributed by atoms with E-state index in [2.05, 4.69) is 55.4 Å². The number of unbranched alkanes of at least 4 members (excludes halogenated alkanes) is 32. The largest absolute Gasteiger partial charge is 0.472 e. The molecule has 17 nitrogen and oxygen atoms in total. The van der Waals surface area contributed by atoms with Crippen LogP contribution >= 0.6 is 15.6 Å². The van der Waals surface area contributed by atoms with E-state index in [-0.39, 0.29) is 25.7 Å². The van der Waals surface area contributed by atoms with Gasteiger partial charge in [-0.05, 0) is 49.4 Å². The number of hydrogen-bond acceptors (Lipinski definition) is 15. The number of phosphoric acid groups is 2. The highest BCUT2D eigenvalue weighted by Gasteiger charge is 2.30. The van der Waals surface area contributed by atoms with Crippen LogP contribution in [0.25, 0.3) is 0 Å². The molecule has 0 aliphatic rings. The quantitative estimate of drug-likeness (QED) is 0.0222. The van der Waals surface area contributed by atoms with Crippen molar-refractivity contribution in [1.82, 2.24) is 0 Å². The lowest BCUT2D eigenvalue weighted by atomic mass is 9.99. The highest BCUT2D eigenvalue weighted by atomic mass is 31.2. The van der Waals surface area contributed by atoms with E-state index in [4.69, 9.17) is 37.0 Å². The van der Waals surface area contributed by atoms with Crippen LogP contribution in [0, 0.1) is 23.7 Å². The van der Waals surface area contributed by atoms with Crippen molar-refractivity contribution >= 4 is 39.5 Å². The first-order valence-electron chi connectivity index (χ1n) is 36.2. The molecule has 0 saturated carbocycles. The molecule has 4 unspecified atom stereocenters. The summed E-state index contributed by atoms with van der Waals surface area (Å²) in [5.74, 6) is 0.854. The van der Waals surface area contributed by atoms with E-state index >= 15 is 0 Å².